The van der Waals surface area contributed by atoms with E-state index >= 15 is 0 Å². The smallest absolute Gasteiger partial charge is 0.256 e. The molecule has 1 aliphatic heterocycles. The Balaban J connectivity index is 1.96. The molecular formula is C22H27ClN2O3. The summed E-state index contributed by atoms with van der Waals surface area (Å²) in [6.07, 6.45) is 0.249. The molecule has 0 aromatic heterocycles. The van der Waals surface area contributed by atoms with Crippen LogP contribution in [0.25, 0.3) is 0 Å². The lowest BCUT2D eigenvalue weighted by molar-refractivity contribution is -0.127. The summed E-state index contributed by atoms with van der Waals surface area (Å²) >= 11 is 6.24. The average molecular weight is 403 g/mol. The predicted molar refractivity (Wildman–Crippen MR) is 112 cm³/mol. The van der Waals surface area contributed by atoms with E-state index in [4.69, 9.17) is 16.3 Å². The number of anilines is 1. The Kier molecular flexibility index (Phi) is 6.60. The Bertz CT molecular complexity index is 823. The van der Waals surface area contributed by atoms with E-state index in [-0.39, 0.29) is 11.8 Å². The standard InChI is InChI=1S/C22H27ClN2O3/c1-24(2)11-4-12-25-20-10-7-17(23)13-16(20)14-19(21(26)22(25)27)15-5-8-18(28-3)9-6-15/h5-10,13,19,21,26H,4,11-12,14H2,1-3H3/t19-,21+/m0/s1. The van der Waals surface area contributed by atoms with Crippen molar-refractivity contribution in [3.05, 3.63) is 58.6 Å². The highest BCUT2D eigenvalue weighted by Crippen LogP contribution is 2.36. The summed E-state index contributed by atoms with van der Waals surface area (Å²) < 4.78 is 5.22. The zero-order valence-electron chi connectivity index (χ0n) is 16.6. The molecule has 1 heterocycles. The SMILES string of the molecule is COc1ccc([C@@H]2Cc3cc(Cl)ccc3N(CCCN(C)C)C(=O)[C@@H]2O)cc1. The molecule has 2 aromatic rings. The average Bonchev–Trinajstić information content (AvgIpc) is 2.78. The molecule has 6 heteroatoms. The van der Waals surface area contributed by atoms with Gasteiger partial charge >= 0.3 is 0 Å². The second kappa shape index (κ2) is 8.95. The predicted octanol–water partition coefficient (Wildman–Crippen LogP) is 3.33. The fourth-order valence-corrected chi connectivity index (χ4v) is 3.90. The largest absolute Gasteiger partial charge is 0.497 e. The number of amides is 1. The lowest BCUT2D eigenvalue weighted by Gasteiger charge is -2.26. The molecule has 5 nitrogen and oxygen atoms in total. The van der Waals surface area contributed by atoms with Crippen molar-refractivity contribution in [2.45, 2.75) is 24.9 Å². The van der Waals surface area contributed by atoms with Gasteiger partial charge in [0.2, 0.25) is 0 Å². The van der Waals surface area contributed by atoms with Gasteiger partial charge in [0.05, 0.1) is 7.11 Å². The summed E-state index contributed by atoms with van der Waals surface area (Å²) in [5, 5.41) is 11.6. The van der Waals surface area contributed by atoms with Crippen LogP contribution in [0.2, 0.25) is 5.02 Å². The van der Waals surface area contributed by atoms with Crippen LogP contribution >= 0.6 is 11.6 Å². The van der Waals surface area contributed by atoms with Crippen LogP contribution in [0, 0.1) is 0 Å². The number of carbonyl (C=O) groups is 1. The zero-order valence-corrected chi connectivity index (χ0v) is 17.3. The van der Waals surface area contributed by atoms with E-state index in [9.17, 15) is 9.90 Å². The number of aliphatic hydroxyl groups excluding tert-OH is 1. The minimum Gasteiger partial charge on any atom is -0.497 e. The molecule has 0 fully saturated rings. The number of halogens is 1. The Hall–Kier alpha value is -2.08. The van der Waals surface area contributed by atoms with E-state index in [2.05, 4.69) is 4.90 Å². The number of methoxy groups -OCH3 is 1. The normalized spacial score (nSPS) is 19.5. The van der Waals surface area contributed by atoms with E-state index in [0.29, 0.717) is 18.0 Å². The van der Waals surface area contributed by atoms with E-state index in [0.717, 1.165) is 35.5 Å². The second-order valence-corrected chi connectivity index (χ2v) is 7.88. The second-order valence-electron chi connectivity index (χ2n) is 7.45. The summed E-state index contributed by atoms with van der Waals surface area (Å²) in [6, 6.07) is 13.1. The van der Waals surface area contributed by atoms with Crippen molar-refractivity contribution in [1.29, 1.82) is 0 Å². The lowest BCUT2D eigenvalue weighted by atomic mass is 9.88. The van der Waals surface area contributed by atoms with Crippen LogP contribution in [0.5, 0.6) is 5.75 Å². The first-order valence-corrected chi connectivity index (χ1v) is 9.85. The number of hydrogen-bond donors (Lipinski definition) is 1. The zero-order chi connectivity index (χ0) is 20.3. The molecule has 0 saturated heterocycles. The Morgan fingerprint density at radius 1 is 1.21 bits per heavy atom. The van der Waals surface area contributed by atoms with E-state index in [1.807, 2.05) is 50.5 Å². The molecule has 0 spiro atoms. The van der Waals surface area contributed by atoms with Gasteiger partial charge in [0.1, 0.15) is 11.9 Å². The molecule has 0 saturated carbocycles. The van der Waals surface area contributed by atoms with Gasteiger partial charge in [-0.1, -0.05) is 23.7 Å². The van der Waals surface area contributed by atoms with Crippen molar-refractivity contribution in [3.63, 3.8) is 0 Å². The molecule has 0 unspecified atom stereocenters. The van der Waals surface area contributed by atoms with Gasteiger partial charge in [0.25, 0.3) is 5.91 Å². The van der Waals surface area contributed by atoms with Crippen molar-refractivity contribution in [2.75, 3.05) is 39.2 Å². The molecule has 2 aromatic carbocycles. The number of benzene rings is 2. The highest BCUT2D eigenvalue weighted by atomic mass is 35.5. The number of rotatable bonds is 6. The molecule has 0 aliphatic carbocycles. The number of hydrogen-bond acceptors (Lipinski definition) is 4. The Morgan fingerprint density at radius 3 is 2.57 bits per heavy atom. The Morgan fingerprint density at radius 2 is 1.93 bits per heavy atom. The third-order valence-electron chi connectivity index (χ3n) is 5.20. The van der Waals surface area contributed by atoms with Gasteiger partial charge in [0, 0.05) is 23.2 Å². The fraction of sp³-hybridized carbons (Fsp3) is 0.409. The molecule has 2 atom stereocenters. The summed E-state index contributed by atoms with van der Waals surface area (Å²) in [5.74, 6) is 0.141. The molecule has 28 heavy (non-hydrogen) atoms. The fourth-order valence-electron chi connectivity index (χ4n) is 3.71. The monoisotopic (exact) mass is 402 g/mol. The van der Waals surface area contributed by atoms with Crippen LogP contribution in [-0.4, -0.2) is 56.3 Å². The van der Waals surface area contributed by atoms with Crippen molar-refractivity contribution in [1.82, 2.24) is 4.90 Å². The van der Waals surface area contributed by atoms with Gasteiger partial charge in [-0.25, -0.2) is 0 Å². The van der Waals surface area contributed by atoms with E-state index in [1.54, 1.807) is 18.1 Å². The molecule has 0 radical (unpaired) electrons. The van der Waals surface area contributed by atoms with Crippen molar-refractivity contribution >= 4 is 23.2 Å². The minimum atomic E-state index is -1.11. The third kappa shape index (κ3) is 4.49. The molecule has 1 aliphatic rings. The number of ether oxygens (including phenoxy) is 1. The molecule has 1 amide bonds. The summed E-state index contributed by atoms with van der Waals surface area (Å²) in [7, 11) is 5.63. The quantitative estimate of drug-likeness (QED) is 0.805. The van der Waals surface area contributed by atoms with Gasteiger partial charge in [-0.15, -0.1) is 0 Å². The minimum absolute atomic E-state index is 0.263. The summed E-state index contributed by atoms with van der Waals surface area (Å²) in [4.78, 5) is 17.0. The van der Waals surface area contributed by atoms with Gasteiger partial charge in [-0.05, 0) is 74.9 Å². The first kappa shape index (κ1) is 20.6. The molecule has 3 rings (SSSR count). The Labute approximate surface area is 171 Å². The molecule has 0 bridgehead atoms. The maximum absolute atomic E-state index is 13.2. The van der Waals surface area contributed by atoms with Crippen molar-refractivity contribution < 1.29 is 14.6 Å². The van der Waals surface area contributed by atoms with Crippen LogP contribution in [0.3, 0.4) is 0 Å². The number of fused-ring (bicyclic) bond motifs is 1. The van der Waals surface area contributed by atoms with Crippen LogP contribution in [0.4, 0.5) is 5.69 Å². The number of aliphatic hydroxyl groups is 1. The summed E-state index contributed by atoms with van der Waals surface area (Å²) in [5.41, 5.74) is 2.72. The third-order valence-corrected chi connectivity index (χ3v) is 5.44. The maximum Gasteiger partial charge on any atom is 0.256 e. The van der Waals surface area contributed by atoms with Crippen molar-refractivity contribution in [2.24, 2.45) is 0 Å². The first-order valence-electron chi connectivity index (χ1n) is 9.47. The van der Waals surface area contributed by atoms with Crippen LogP contribution in [-0.2, 0) is 11.2 Å². The lowest BCUT2D eigenvalue weighted by Crippen LogP contribution is -2.42. The van der Waals surface area contributed by atoms with Gasteiger partial charge in [-0.2, -0.15) is 0 Å². The molecule has 1 N–H and O–H groups in total. The highest BCUT2D eigenvalue weighted by molar-refractivity contribution is 6.30. The van der Waals surface area contributed by atoms with Crippen molar-refractivity contribution in [3.8, 4) is 5.75 Å². The summed E-state index contributed by atoms with van der Waals surface area (Å²) in [6.45, 7) is 1.42. The molecular weight excluding hydrogens is 376 g/mol. The topological polar surface area (TPSA) is 53.0 Å². The van der Waals surface area contributed by atoms with Crippen LogP contribution in [0.15, 0.2) is 42.5 Å². The maximum atomic E-state index is 13.2. The van der Waals surface area contributed by atoms with Crippen LogP contribution < -0.4 is 9.64 Å². The van der Waals surface area contributed by atoms with Gasteiger partial charge in [-0.3, -0.25) is 4.79 Å². The number of carbonyl (C=O) groups excluding carboxylic acids is 1. The van der Waals surface area contributed by atoms with Crippen LogP contribution in [0.1, 0.15) is 23.5 Å². The van der Waals surface area contributed by atoms with Gasteiger partial charge in [0.15, 0.2) is 0 Å². The highest BCUT2D eigenvalue weighted by Gasteiger charge is 2.36. The van der Waals surface area contributed by atoms with Gasteiger partial charge < -0.3 is 19.6 Å². The van der Waals surface area contributed by atoms with E-state index in [1.165, 1.54) is 0 Å². The molecule has 150 valence electrons. The first-order chi connectivity index (χ1) is 13.4. The number of nitrogens with zero attached hydrogens (tertiary/aromatic N) is 2. The van der Waals surface area contributed by atoms with E-state index < -0.39 is 6.10 Å².